The van der Waals surface area contributed by atoms with Gasteiger partial charge in [-0.25, -0.2) is 0 Å². The van der Waals surface area contributed by atoms with Crippen molar-refractivity contribution in [1.82, 2.24) is 0 Å². The molecular formula is C20H19N3O. The number of nitrogens with zero attached hydrogens (tertiary/aromatic N) is 1. The van der Waals surface area contributed by atoms with Gasteiger partial charge >= 0.3 is 0 Å². The number of anilines is 2. The van der Waals surface area contributed by atoms with E-state index in [1.807, 2.05) is 11.0 Å². The van der Waals surface area contributed by atoms with E-state index < -0.39 is 0 Å². The molecule has 2 heterocycles. The average molecular weight is 317 g/mol. The van der Waals surface area contributed by atoms with Gasteiger partial charge in [0.1, 0.15) is 12.0 Å². The first-order valence-electron chi connectivity index (χ1n) is 7.99. The number of nitrogens with one attached hydrogen (secondary N) is 2. The van der Waals surface area contributed by atoms with Gasteiger partial charge in [-0.15, -0.1) is 0 Å². The molecule has 2 N–H and O–H groups in total. The minimum absolute atomic E-state index is 0.181. The predicted molar refractivity (Wildman–Crippen MR) is 96.7 cm³/mol. The molecule has 1 aliphatic rings. The molecule has 3 aromatic rings. The lowest BCUT2D eigenvalue weighted by Gasteiger charge is -2.38. The molecule has 0 saturated carbocycles. The molecule has 4 heteroatoms. The highest BCUT2D eigenvalue weighted by molar-refractivity contribution is 6.12. The highest BCUT2D eigenvalue weighted by atomic mass is 16.3. The lowest BCUT2D eigenvalue weighted by Crippen LogP contribution is -2.42. The first-order chi connectivity index (χ1) is 11.6. The summed E-state index contributed by atoms with van der Waals surface area (Å²) in [6.45, 7) is 4.14. The van der Waals surface area contributed by atoms with Gasteiger partial charge in [0.25, 0.3) is 0 Å². The van der Waals surface area contributed by atoms with E-state index in [9.17, 15) is 0 Å². The van der Waals surface area contributed by atoms with Crippen LogP contribution in [0.3, 0.4) is 0 Å². The molecule has 0 spiro atoms. The van der Waals surface area contributed by atoms with Gasteiger partial charge in [0.15, 0.2) is 0 Å². The van der Waals surface area contributed by atoms with E-state index in [1.165, 1.54) is 11.1 Å². The molecule has 4 rings (SSSR count). The summed E-state index contributed by atoms with van der Waals surface area (Å²) in [5, 5.41) is 12.1. The predicted octanol–water partition coefficient (Wildman–Crippen LogP) is 4.85. The van der Waals surface area contributed by atoms with Crippen LogP contribution in [0.15, 0.2) is 65.3 Å². The van der Waals surface area contributed by atoms with Crippen molar-refractivity contribution in [2.24, 2.45) is 0 Å². The van der Waals surface area contributed by atoms with Crippen molar-refractivity contribution in [2.45, 2.75) is 20.0 Å². The fraction of sp³-hybridized carbons (Fsp3) is 0.150. The van der Waals surface area contributed by atoms with Gasteiger partial charge in [0, 0.05) is 5.69 Å². The zero-order valence-corrected chi connectivity index (χ0v) is 13.7. The molecule has 4 nitrogen and oxygen atoms in total. The van der Waals surface area contributed by atoms with Crippen molar-refractivity contribution >= 4 is 17.4 Å². The van der Waals surface area contributed by atoms with Crippen molar-refractivity contribution in [3.05, 3.63) is 83.1 Å². The molecule has 0 amide bonds. The Balaban J connectivity index is 1.83. The zero-order valence-electron chi connectivity index (χ0n) is 13.7. The molecule has 0 aliphatic carbocycles. The van der Waals surface area contributed by atoms with Gasteiger partial charge in [0.05, 0.1) is 11.8 Å². The van der Waals surface area contributed by atoms with Gasteiger partial charge in [-0.1, -0.05) is 47.5 Å². The van der Waals surface area contributed by atoms with Gasteiger partial charge in [0.2, 0.25) is 5.88 Å². The van der Waals surface area contributed by atoms with Crippen molar-refractivity contribution in [1.29, 1.82) is 5.41 Å². The maximum Gasteiger partial charge on any atom is 0.205 e. The summed E-state index contributed by atoms with van der Waals surface area (Å²) in [6.07, 6.45) is 1.44. The normalized spacial score (nSPS) is 16.7. The standard InChI is InChI=1S/C20H19N3O/c1-13-3-7-15(8-4-13)19-22-20-17(11-12-24-20)18(21)23(19)16-9-5-14(2)6-10-16/h3-12,19,21-22H,1-2H3. The Bertz CT molecular complexity index is 878. The van der Waals surface area contributed by atoms with Crippen LogP contribution in [0.25, 0.3) is 0 Å². The Morgan fingerprint density at radius 2 is 1.54 bits per heavy atom. The minimum Gasteiger partial charge on any atom is -0.448 e. The molecule has 2 aromatic carbocycles. The smallest absolute Gasteiger partial charge is 0.205 e. The molecule has 1 aliphatic heterocycles. The third-order valence-electron chi connectivity index (χ3n) is 4.39. The summed E-state index contributed by atoms with van der Waals surface area (Å²) in [5.74, 6) is 1.08. The Labute approximate surface area is 141 Å². The summed E-state index contributed by atoms with van der Waals surface area (Å²) < 4.78 is 5.53. The Morgan fingerprint density at radius 1 is 0.917 bits per heavy atom. The summed E-state index contributed by atoms with van der Waals surface area (Å²) in [5.41, 5.74) is 5.26. The van der Waals surface area contributed by atoms with Gasteiger partial charge in [-0.3, -0.25) is 5.41 Å². The molecular weight excluding hydrogens is 298 g/mol. The molecule has 120 valence electrons. The molecule has 1 atom stereocenters. The number of amidine groups is 1. The third kappa shape index (κ3) is 2.36. The van der Waals surface area contributed by atoms with Crippen LogP contribution in [0.5, 0.6) is 0 Å². The van der Waals surface area contributed by atoms with E-state index in [0.717, 1.165) is 16.8 Å². The second-order valence-electron chi connectivity index (χ2n) is 6.18. The first kappa shape index (κ1) is 14.6. The van der Waals surface area contributed by atoms with Crippen LogP contribution in [-0.2, 0) is 0 Å². The van der Waals surface area contributed by atoms with E-state index in [-0.39, 0.29) is 6.17 Å². The molecule has 0 radical (unpaired) electrons. The highest BCUT2D eigenvalue weighted by Gasteiger charge is 2.33. The first-order valence-corrected chi connectivity index (χ1v) is 7.99. The number of aryl methyl sites for hydroxylation is 2. The Hall–Kier alpha value is -3.01. The lowest BCUT2D eigenvalue weighted by molar-refractivity contribution is 0.564. The van der Waals surface area contributed by atoms with Gasteiger partial charge < -0.3 is 14.6 Å². The Kier molecular flexibility index (Phi) is 3.38. The van der Waals surface area contributed by atoms with Gasteiger partial charge in [-0.2, -0.15) is 0 Å². The van der Waals surface area contributed by atoms with Crippen LogP contribution in [0.4, 0.5) is 11.6 Å². The van der Waals surface area contributed by atoms with Crippen molar-refractivity contribution in [3.8, 4) is 0 Å². The number of hydrogen-bond donors (Lipinski definition) is 2. The number of benzene rings is 2. The van der Waals surface area contributed by atoms with Crippen LogP contribution in [0.2, 0.25) is 0 Å². The van der Waals surface area contributed by atoms with E-state index in [0.29, 0.717) is 11.7 Å². The SMILES string of the molecule is Cc1ccc(C2Nc3occc3C(=N)N2c2ccc(C)cc2)cc1. The van der Waals surface area contributed by atoms with Crippen molar-refractivity contribution < 1.29 is 4.42 Å². The van der Waals surface area contributed by atoms with Crippen LogP contribution in [0, 0.1) is 19.3 Å². The fourth-order valence-corrected chi connectivity index (χ4v) is 3.02. The van der Waals surface area contributed by atoms with Crippen LogP contribution in [0.1, 0.15) is 28.4 Å². The summed E-state index contributed by atoms with van der Waals surface area (Å²) in [7, 11) is 0. The lowest BCUT2D eigenvalue weighted by atomic mass is 10.0. The van der Waals surface area contributed by atoms with Crippen molar-refractivity contribution in [2.75, 3.05) is 10.2 Å². The number of fused-ring (bicyclic) bond motifs is 1. The summed E-state index contributed by atoms with van der Waals surface area (Å²) in [6, 6.07) is 18.4. The maximum absolute atomic E-state index is 8.68. The van der Waals surface area contributed by atoms with E-state index in [2.05, 4.69) is 67.7 Å². The minimum atomic E-state index is -0.181. The highest BCUT2D eigenvalue weighted by Crippen LogP contribution is 2.37. The second-order valence-corrected chi connectivity index (χ2v) is 6.18. The maximum atomic E-state index is 8.68. The van der Waals surface area contributed by atoms with Crippen molar-refractivity contribution in [3.63, 3.8) is 0 Å². The van der Waals surface area contributed by atoms with E-state index in [1.54, 1.807) is 6.26 Å². The Morgan fingerprint density at radius 3 is 2.21 bits per heavy atom. The topological polar surface area (TPSA) is 52.3 Å². The van der Waals surface area contributed by atoms with Crippen LogP contribution >= 0.6 is 0 Å². The van der Waals surface area contributed by atoms with Crippen LogP contribution < -0.4 is 10.2 Å². The number of rotatable bonds is 2. The summed E-state index contributed by atoms with van der Waals surface area (Å²) in [4.78, 5) is 2.00. The molecule has 0 fully saturated rings. The zero-order chi connectivity index (χ0) is 16.7. The summed E-state index contributed by atoms with van der Waals surface area (Å²) >= 11 is 0. The molecule has 0 bridgehead atoms. The molecule has 24 heavy (non-hydrogen) atoms. The average Bonchev–Trinajstić information content (AvgIpc) is 3.06. The monoisotopic (exact) mass is 317 g/mol. The number of hydrogen-bond acceptors (Lipinski definition) is 3. The van der Waals surface area contributed by atoms with Gasteiger partial charge in [-0.05, 0) is 37.6 Å². The largest absolute Gasteiger partial charge is 0.448 e. The van der Waals surface area contributed by atoms with Crippen LogP contribution in [-0.4, -0.2) is 5.84 Å². The third-order valence-corrected chi connectivity index (χ3v) is 4.39. The fourth-order valence-electron chi connectivity index (χ4n) is 3.02. The molecule has 1 unspecified atom stereocenters. The quantitative estimate of drug-likeness (QED) is 0.710. The molecule has 0 saturated heterocycles. The second kappa shape index (κ2) is 5.57. The number of furan rings is 1. The van der Waals surface area contributed by atoms with E-state index >= 15 is 0 Å². The molecule has 1 aromatic heterocycles. The van der Waals surface area contributed by atoms with E-state index in [4.69, 9.17) is 9.83 Å².